The number of rotatable bonds is 6. The molecule has 7 nitrogen and oxygen atoms in total. The number of carbonyl (C=O) groups is 1. The highest BCUT2D eigenvalue weighted by atomic mass is 16.2. The second-order valence-corrected chi connectivity index (χ2v) is 7.37. The smallest absolute Gasteiger partial charge is 0.250 e. The third-order valence-corrected chi connectivity index (χ3v) is 5.36. The molecule has 3 heterocycles. The molecule has 1 fully saturated rings. The summed E-state index contributed by atoms with van der Waals surface area (Å²) in [5.74, 6) is 1.38. The van der Waals surface area contributed by atoms with Gasteiger partial charge in [-0.2, -0.15) is 0 Å². The highest BCUT2D eigenvalue weighted by molar-refractivity contribution is 5.81. The van der Waals surface area contributed by atoms with Crippen molar-refractivity contribution in [3.8, 4) is 0 Å². The fourth-order valence-corrected chi connectivity index (χ4v) is 3.64. The van der Waals surface area contributed by atoms with Gasteiger partial charge in [0.2, 0.25) is 5.91 Å². The van der Waals surface area contributed by atoms with Gasteiger partial charge in [-0.15, -0.1) is 0 Å². The highest BCUT2D eigenvalue weighted by Gasteiger charge is 2.35. The first-order valence-corrected chi connectivity index (χ1v) is 9.65. The van der Waals surface area contributed by atoms with E-state index < -0.39 is 0 Å². The maximum atomic E-state index is 12.3. The second kappa shape index (κ2) is 7.50. The van der Waals surface area contributed by atoms with Gasteiger partial charge in [-0.05, 0) is 38.7 Å². The zero-order chi connectivity index (χ0) is 18.8. The van der Waals surface area contributed by atoms with E-state index in [2.05, 4.69) is 15.3 Å². The topological polar surface area (TPSA) is 80.1 Å². The molecule has 0 unspecified atom stereocenters. The lowest BCUT2D eigenvalue weighted by Crippen LogP contribution is -2.37. The van der Waals surface area contributed by atoms with Crippen molar-refractivity contribution in [3.05, 3.63) is 51.8 Å². The van der Waals surface area contributed by atoms with Gasteiger partial charge in [-0.25, -0.2) is 9.97 Å². The van der Waals surface area contributed by atoms with Crippen LogP contribution in [-0.4, -0.2) is 38.4 Å². The van der Waals surface area contributed by atoms with Gasteiger partial charge >= 0.3 is 0 Å². The Hall–Kier alpha value is -2.70. The van der Waals surface area contributed by atoms with Gasteiger partial charge in [-0.3, -0.25) is 9.59 Å². The van der Waals surface area contributed by atoms with Crippen LogP contribution in [0.2, 0.25) is 0 Å². The minimum absolute atomic E-state index is 0.0369. The van der Waals surface area contributed by atoms with Crippen LogP contribution in [0.5, 0.6) is 0 Å². The van der Waals surface area contributed by atoms with Crippen LogP contribution in [0.4, 0.5) is 5.82 Å². The maximum absolute atomic E-state index is 12.3. The zero-order valence-electron chi connectivity index (χ0n) is 15.6. The molecule has 142 valence electrons. The average Bonchev–Trinajstić information content (AvgIpc) is 3.51. The van der Waals surface area contributed by atoms with E-state index in [4.69, 9.17) is 0 Å². The van der Waals surface area contributed by atoms with Crippen molar-refractivity contribution in [2.24, 2.45) is 5.92 Å². The summed E-state index contributed by atoms with van der Waals surface area (Å²) in [6, 6.07) is 5.33. The Morgan fingerprint density at radius 3 is 2.93 bits per heavy atom. The standard InChI is InChI=1S/C20H25N5O2/c1-14-4-2-5-18(26)25(14)10-3-9-21-19-16-8-11-24(20(27)15-6-7-15)12-17(16)22-13-23-19/h2,4-5,13,15H,3,6-12H2,1H3,(H,21,22,23). The Morgan fingerprint density at radius 1 is 1.30 bits per heavy atom. The minimum atomic E-state index is 0.0369. The monoisotopic (exact) mass is 367 g/mol. The summed E-state index contributed by atoms with van der Waals surface area (Å²) in [7, 11) is 0. The van der Waals surface area contributed by atoms with Crippen LogP contribution >= 0.6 is 0 Å². The summed E-state index contributed by atoms with van der Waals surface area (Å²) >= 11 is 0. The molecule has 2 aliphatic rings. The molecule has 1 amide bonds. The van der Waals surface area contributed by atoms with Crippen LogP contribution in [0.1, 0.15) is 36.2 Å². The number of anilines is 1. The van der Waals surface area contributed by atoms with Crippen LogP contribution in [-0.2, 0) is 24.3 Å². The van der Waals surface area contributed by atoms with Crippen molar-refractivity contribution in [2.75, 3.05) is 18.4 Å². The molecule has 2 aromatic heterocycles. The summed E-state index contributed by atoms with van der Waals surface area (Å²) in [4.78, 5) is 34.9. The number of aromatic nitrogens is 3. The summed E-state index contributed by atoms with van der Waals surface area (Å²) in [5, 5.41) is 3.39. The van der Waals surface area contributed by atoms with E-state index in [0.717, 1.165) is 61.5 Å². The first kappa shape index (κ1) is 17.7. The fraction of sp³-hybridized carbons (Fsp3) is 0.500. The van der Waals surface area contributed by atoms with Gasteiger partial charge < -0.3 is 14.8 Å². The van der Waals surface area contributed by atoms with Crippen LogP contribution in [0.3, 0.4) is 0 Å². The number of carbonyl (C=O) groups excluding carboxylic acids is 1. The van der Waals surface area contributed by atoms with Crippen LogP contribution in [0.15, 0.2) is 29.3 Å². The summed E-state index contributed by atoms with van der Waals surface area (Å²) in [6.07, 6.45) is 5.24. The van der Waals surface area contributed by atoms with E-state index in [1.165, 1.54) is 0 Å². The largest absolute Gasteiger partial charge is 0.370 e. The third-order valence-electron chi connectivity index (χ3n) is 5.36. The van der Waals surface area contributed by atoms with E-state index in [9.17, 15) is 9.59 Å². The first-order chi connectivity index (χ1) is 13.1. The van der Waals surface area contributed by atoms with Gasteiger partial charge in [0.1, 0.15) is 12.1 Å². The number of fused-ring (bicyclic) bond motifs is 1. The van der Waals surface area contributed by atoms with E-state index in [0.29, 0.717) is 13.1 Å². The molecule has 2 aromatic rings. The number of pyridine rings is 1. The predicted octanol–water partition coefficient (Wildman–Crippen LogP) is 1.74. The van der Waals surface area contributed by atoms with E-state index in [1.807, 2.05) is 17.9 Å². The molecule has 27 heavy (non-hydrogen) atoms. The predicted molar refractivity (Wildman–Crippen MR) is 102 cm³/mol. The lowest BCUT2D eigenvalue weighted by Gasteiger charge is -2.29. The van der Waals surface area contributed by atoms with Crippen molar-refractivity contribution in [1.29, 1.82) is 0 Å². The van der Waals surface area contributed by atoms with Crippen molar-refractivity contribution >= 4 is 11.7 Å². The number of hydrogen-bond donors (Lipinski definition) is 1. The molecule has 1 aliphatic carbocycles. The molecule has 7 heteroatoms. The number of aryl methyl sites for hydroxylation is 1. The lowest BCUT2D eigenvalue weighted by atomic mass is 10.0. The molecule has 0 aromatic carbocycles. The molecule has 0 radical (unpaired) electrons. The molecule has 1 N–H and O–H groups in total. The minimum Gasteiger partial charge on any atom is -0.370 e. The zero-order valence-corrected chi connectivity index (χ0v) is 15.6. The number of hydrogen-bond acceptors (Lipinski definition) is 5. The van der Waals surface area contributed by atoms with Gasteiger partial charge in [0, 0.05) is 42.9 Å². The van der Waals surface area contributed by atoms with E-state index >= 15 is 0 Å². The van der Waals surface area contributed by atoms with E-state index in [-0.39, 0.29) is 17.4 Å². The normalized spacial score (nSPS) is 16.1. The van der Waals surface area contributed by atoms with Gasteiger partial charge in [0.05, 0.1) is 12.2 Å². The molecule has 1 aliphatic heterocycles. The number of nitrogens with one attached hydrogen (secondary N) is 1. The Bertz CT molecular complexity index is 903. The van der Waals surface area contributed by atoms with Gasteiger partial charge in [0.25, 0.3) is 5.56 Å². The van der Waals surface area contributed by atoms with Crippen molar-refractivity contribution in [1.82, 2.24) is 19.4 Å². The molecule has 0 saturated heterocycles. The highest BCUT2D eigenvalue weighted by Crippen LogP contribution is 2.33. The lowest BCUT2D eigenvalue weighted by molar-refractivity contribution is -0.133. The van der Waals surface area contributed by atoms with E-state index in [1.54, 1.807) is 23.0 Å². The van der Waals surface area contributed by atoms with Crippen LogP contribution < -0.4 is 10.9 Å². The molecule has 1 saturated carbocycles. The van der Waals surface area contributed by atoms with Crippen molar-refractivity contribution < 1.29 is 4.79 Å². The van der Waals surface area contributed by atoms with Crippen LogP contribution in [0.25, 0.3) is 0 Å². The molecular formula is C20H25N5O2. The SMILES string of the molecule is Cc1cccc(=O)n1CCCNc1ncnc2c1CCN(C(=O)C1CC1)C2. The van der Waals surface area contributed by atoms with Crippen LogP contribution in [0, 0.1) is 12.8 Å². The molecular weight excluding hydrogens is 342 g/mol. The Kier molecular flexibility index (Phi) is 4.92. The summed E-state index contributed by atoms with van der Waals surface area (Å²) < 4.78 is 1.79. The first-order valence-electron chi connectivity index (χ1n) is 9.65. The second-order valence-electron chi connectivity index (χ2n) is 7.37. The number of amides is 1. The van der Waals surface area contributed by atoms with Crippen molar-refractivity contribution in [3.63, 3.8) is 0 Å². The molecule has 0 spiro atoms. The Morgan fingerprint density at radius 2 is 2.15 bits per heavy atom. The molecule has 0 atom stereocenters. The summed E-state index contributed by atoms with van der Waals surface area (Å²) in [6.45, 7) is 4.68. The fourth-order valence-electron chi connectivity index (χ4n) is 3.64. The van der Waals surface area contributed by atoms with Crippen molar-refractivity contribution in [2.45, 2.75) is 45.7 Å². The maximum Gasteiger partial charge on any atom is 0.250 e. The van der Waals surface area contributed by atoms with Gasteiger partial charge in [0.15, 0.2) is 0 Å². The quantitative estimate of drug-likeness (QED) is 0.787. The molecule has 4 rings (SSSR count). The summed E-state index contributed by atoms with van der Waals surface area (Å²) in [5.41, 5.74) is 3.07. The Balaban J connectivity index is 1.36. The third kappa shape index (κ3) is 3.86. The molecule has 0 bridgehead atoms. The Labute approximate surface area is 158 Å². The van der Waals surface area contributed by atoms with Gasteiger partial charge in [-0.1, -0.05) is 6.07 Å². The number of nitrogens with zero attached hydrogens (tertiary/aromatic N) is 4. The average molecular weight is 367 g/mol.